The first-order valence-electron chi connectivity index (χ1n) is 4.76. The maximum absolute atomic E-state index is 10.7. The monoisotopic (exact) mass is 209 g/mol. The van der Waals surface area contributed by atoms with Crippen LogP contribution < -0.4 is 4.74 Å². The van der Waals surface area contributed by atoms with Gasteiger partial charge < -0.3 is 4.74 Å². The first-order chi connectivity index (χ1) is 6.90. The molecule has 1 rings (SSSR count). The molecule has 0 radical (unpaired) electrons. The lowest BCUT2D eigenvalue weighted by molar-refractivity contribution is -0.385. The molecule has 0 aromatic heterocycles. The SMILES string of the molecule is CC(C)(C)COc1ccccc1[N+](=O)[O-]. The van der Waals surface area contributed by atoms with Crippen LogP contribution in [0, 0.1) is 15.5 Å². The van der Waals surface area contributed by atoms with Crippen LogP contribution in [0.3, 0.4) is 0 Å². The van der Waals surface area contributed by atoms with Crippen molar-refractivity contribution in [3.05, 3.63) is 34.4 Å². The summed E-state index contributed by atoms with van der Waals surface area (Å²) in [6.07, 6.45) is 0. The Balaban J connectivity index is 2.81. The van der Waals surface area contributed by atoms with Crippen molar-refractivity contribution in [2.24, 2.45) is 5.41 Å². The van der Waals surface area contributed by atoms with Crippen molar-refractivity contribution in [3.8, 4) is 5.75 Å². The summed E-state index contributed by atoms with van der Waals surface area (Å²) in [5, 5.41) is 10.7. The highest BCUT2D eigenvalue weighted by Crippen LogP contribution is 2.27. The van der Waals surface area contributed by atoms with Gasteiger partial charge in [0.15, 0.2) is 5.75 Å². The molecule has 1 aromatic carbocycles. The van der Waals surface area contributed by atoms with Crippen LogP contribution in [-0.2, 0) is 0 Å². The van der Waals surface area contributed by atoms with E-state index in [2.05, 4.69) is 0 Å². The van der Waals surface area contributed by atoms with Crippen LogP contribution in [0.1, 0.15) is 20.8 Å². The molecule has 0 amide bonds. The van der Waals surface area contributed by atoms with Gasteiger partial charge in [0.05, 0.1) is 11.5 Å². The van der Waals surface area contributed by atoms with Crippen LogP contribution in [0.25, 0.3) is 0 Å². The van der Waals surface area contributed by atoms with E-state index in [1.54, 1.807) is 18.2 Å². The standard InChI is InChI=1S/C11H15NO3/c1-11(2,3)8-15-10-7-5-4-6-9(10)12(13)14/h4-7H,8H2,1-3H3. The van der Waals surface area contributed by atoms with E-state index in [1.807, 2.05) is 20.8 Å². The summed E-state index contributed by atoms with van der Waals surface area (Å²) in [6.45, 7) is 6.50. The fourth-order valence-corrected chi connectivity index (χ4v) is 1.02. The van der Waals surface area contributed by atoms with Gasteiger partial charge in [0.1, 0.15) is 0 Å². The normalized spacial score (nSPS) is 11.1. The lowest BCUT2D eigenvalue weighted by Gasteiger charge is -2.18. The van der Waals surface area contributed by atoms with Gasteiger partial charge in [-0.05, 0) is 11.5 Å². The number of hydrogen-bond donors (Lipinski definition) is 0. The van der Waals surface area contributed by atoms with E-state index in [9.17, 15) is 10.1 Å². The van der Waals surface area contributed by atoms with Crippen LogP contribution in [0.4, 0.5) is 5.69 Å². The van der Waals surface area contributed by atoms with E-state index in [4.69, 9.17) is 4.74 Å². The summed E-state index contributed by atoms with van der Waals surface area (Å²) in [7, 11) is 0. The van der Waals surface area contributed by atoms with E-state index in [0.29, 0.717) is 12.4 Å². The Morgan fingerprint density at radius 2 is 1.93 bits per heavy atom. The number of nitro groups is 1. The first kappa shape index (κ1) is 11.5. The molecule has 82 valence electrons. The molecule has 0 aliphatic heterocycles. The highest BCUT2D eigenvalue weighted by molar-refractivity contribution is 5.45. The average molecular weight is 209 g/mol. The zero-order valence-corrected chi connectivity index (χ0v) is 9.19. The number of nitrogens with zero attached hydrogens (tertiary/aromatic N) is 1. The third-order valence-electron chi connectivity index (χ3n) is 1.72. The van der Waals surface area contributed by atoms with Gasteiger partial charge in [0, 0.05) is 6.07 Å². The Morgan fingerprint density at radius 1 is 1.33 bits per heavy atom. The minimum Gasteiger partial charge on any atom is -0.486 e. The third kappa shape index (κ3) is 3.58. The Morgan fingerprint density at radius 3 is 2.47 bits per heavy atom. The zero-order chi connectivity index (χ0) is 11.5. The lowest BCUT2D eigenvalue weighted by Crippen LogP contribution is -2.17. The Labute approximate surface area is 89.0 Å². The van der Waals surface area contributed by atoms with E-state index >= 15 is 0 Å². The Bertz CT molecular complexity index is 355. The van der Waals surface area contributed by atoms with Crippen LogP contribution in [0.15, 0.2) is 24.3 Å². The average Bonchev–Trinajstić information content (AvgIpc) is 2.14. The highest BCUT2D eigenvalue weighted by atomic mass is 16.6. The van der Waals surface area contributed by atoms with Gasteiger partial charge in [-0.3, -0.25) is 10.1 Å². The van der Waals surface area contributed by atoms with Gasteiger partial charge in [-0.25, -0.2) is 0 Å². The summed E-state index contributed by atoms with van der Waals surface area (Å²) in [5.41, 5.74) is 0.00530. The predicted molar refractivity (Wildman–Crippen MR) is 58.0 cm³/mol. The van der Waals surface area contributed by atoms with E-state index in [0.717, 1.165) is 0 Å². The molecule has 0 fully saturated rings. The molecule has 0 bridgehead atoms. The van der Waals surface area contributed by atoms with Crippen molar-refractivity contribution in [1.29, 1.82) is 0 Å². The molecule has 15 heavy (non-hydrogen) atoms. The molecular formula is C11H15NO3. The van der Waals surface area contributed by atoms with Gasteiger partial charge in [-0.2, -0.15) is 0 Å². The van der Waals surface area contributed by atoms with Crippen LogP contribution in [0.5, 0.6) is 5.75 Å². The minimum absolute atomic E-state index is 0.0102. The fraction of sp³-hybridized carbons (Fsp3) is 0.455. The van der Waals surface area contributed by atoms with Crippen molar-refractivity contribution in [2.75, 3.05) is 6.61 Å². The van der Waals surface area contributed by atoms with Gasteiger partial charge in [0.25, 0.3) is 0 Å². The third-order valence-corrected chi connectivity index (χ3v) is 1.72. The molecule has 0 saturated carbocycles. The molecule has 4 heteroatoms. The molecular weight excluding hydrogens is 194 g/mol. The molecule has 0 spiro atoms. The van der Waals surface area contributed by atoms with E-state index < -0.39 is 4.92 Å². The number of nitro benzene ring substituents is 1. The number of ether oxygens (including phenoxy) is 1. The molecule has 0 aliphatic rings. The summed E-state index contributed by atoms with van der Waals surface area (Å²) in [4.78, 5) is 10.2. The van der Waals surface area contributed by atoms with E-state index in [-0.39, 0.29) is 11.1 Å². The summed E-state index contributed by atoms with van der Waals surface area (Å²) >= 11 is 0. The molecule has 0 atom stereocenters. The van der Waals surface area contributed by atoms with Crippen LogP contribution in [0.2, 0.25) is 0 Å². The second-order valence-corrected chi connectivity index (χ2v) is 4.57. The number of benzene rings is 1. The molecule has 1 aromatic rings. The maximum Gasteiger partial charge on any atom is 0.310 e. The molecule has 0 saturated heterocycles. The van der Waals surface area contributed by atoms with E-state index in [1.165, 1.54) is 6.07 Å². The molecule has 0 N–H and O–H groups in total. The number of hydrogen-bond acceptors (Lipinski definition) is 3. The van der Waals surface area contributed by atoms with Crippen molar-refractivity contribution >= 4 is 5.69 Å². The Hall–Kier alpha value is -1.58. The lowest BCUT2D eigenvalue weighted by atomic mass is 9.99. The summed E-state index contributed by atoms with van der Waals surface area (Å²) in [6, 6.07) is 6.41. The van der Waals surface area contributed by atoms with Gasteiger partial charge in [0.2, 0.25) is 0 Å². The van der Waals surface area contributed by atoms with Crippen molar-refractivity contribution < 1.29 is 9.66 Å². The van der Waals surface area contributed by atoms with Gasteiger partial charge in [-0.15, -0.1) is 0 Å². The van der Waals surface area contributed by atoms with Crippen LogP contribution in [-0.4, -0.2) is 11.5 Å². The van der Waals surface area contributed by atoms with Crippen molar-refractivity contribution in [1.82, 2.24) is 0 Å². The second kappa shape index (κ2) is 4.29. The van der Waals surface area contributed by atoms with Gasteiger partial charge >= 0.3 is 5.69 Å². The molecule has 0 heterocycles. The minimum atomic E-state index is -0.433. The van der Waals surface area contributed by atoms with Crippen LogP contribution >= 0.6 is 0 Å². The smallest absolute Gasteiger partial charge is 0.310 e. The van der Waals surface area contributed by atoms with Gasteiger partial charge in [-0.1, -0.05) is 32.9 Å². The number of para-hydroxylation sites is 2. The van der Waals surface area contributed by atoms with Crippen molar-refractivity contribution in [3.63, 3.8) is 0 Å². The van der Waals surface area contributed by atoms with Crippen molar-refractivity contribution in [2.45, 2.75) is 20.8 Å². The highest BCUT2D eigenvalue weighted by Gasteiger charge is 2.17. The first-order valence-corrected chi connectivity index (χ1v) is 4.76. The number of rotatable bonds is 3. The molecule has 4 nitrogen and oxygen atoms in total. The zero-order valence-electron chi connectivity index (χ0n) is 9.19. The summed E-state index contributed by atoms with van der Waals surface area (Å²) in [5.74, 6) is 0.331. The quantitative estimate of drug-likeness (QED) is 0.568. The topological polar surface area (TPSA) is 52.4 Å². The Kier molecular flexibility index (Phi) is 3.29. The summed E-state index contributed by atoms with van der Waals surface area (Å²) < 4.78 is 5.42. The molecule has 0 aliphatic carbocycles. The molecule has 0 unspecified atom stereocenters. The largest absolute Gasteiger partial charge is 0.486 e. The predicted octanol–water partition coefficient (Wildman–Crippen LogP) is 3.02. The maximum atomic E-state index is 10.7. The second-order valence-electron chi connectivity index (χ2n) is 4.57. The fourth-order valence-electron chi connectivity index (χ4n) is 1.02.